The van der Waals surface area contributed by atoms with Crippen LogP contribution >= 0.6 is 11.6 Å². The van der Waals surface area contributed by atoms with Crippen LogP contribution in [0.2, 0.25) is 5.02 Å². The lowest BCUT2D eigenvalue weighted by Gasteiger charge is -2.30. The zero-order chi connectivity index (χ0) is 25.2. The SMILES string of the molecule is Cc1ccc(C=Cc2onc(C)c2S(=O)(=O)N2CCC(C(=O)Nc3cccc(Cl)c3C)CC2)cc1. The molecule has 4 rings (SSSR count). The minimum Gasteiger partial charge on any atom is -0.355 e. The van der Waals surface area contributed by atoms with Crippen molar-refractivity contribution in [2.24, 2.45) is 5.92 Å². The van der Waals surface area contributed by atoms with E-state index >= 15 is 0 Å². The van der Waals surface area contributed by atoms with Gasteiger partial charge in [-0.25, -0.2) is 8.42 Å². The number of piperidine rings is 1. The number of hydrogen-bond donors (Lipinski definition) is 1. The molecular formula is C26H28ClN3O4S. The summed E-state index contributed by atoms with van der Waals surface area (Å²) in [5, 5.41) is 7.42. The van der Waals surface area contributed by atoms with E-state index < -0.39 is 10.0 Å². The number of hydrogen-bond acceptors (Lipinski definition) is 5. The van der Waals surface area contributed by atoms with Crippen LogP contribution in [0.4, 0.5) is 5.69 Å². The minimum absolute atomic E-state index is 0.0679. The van der Waals surface area contributed by atoms with Crippen LogP contribution < -0.4 is 5.32 Å². The summed E-state index contributed by atoms with van der Waals surface area (Å²) >= 11 is 6.15. The van der Waals surface area contributed by atoms with E-state index in [9.17, 15) is 13.2 Å². The highest BCUT2D eigenvalue weighted by molar-refractivity contribution is 7.89. The molecule has 0 radical (unpaired) electrons. The fourth-order valence-corrected chi connectivity index (χ4v) is 6.01. The molecular weight excluding hydrogens is 486 g/mol. The maximum Gasteiger partial charge on any atom is 0.248 e. The van der Waals surface area contributed by atoms with Crippen molar-refractivity contribution in [3.63, 3.8) is 0 Å². The van der Waals surface area contributed by atoms with E-state index in [1.165, 1.54) is 4.31 Å². The number of rotatable bonds is 6. The highest BCUT2D eigenvalue weighted by atomic mass is 35.5. The van der Waals surface area contributed by atoms with Gasteiger partial charge in [-0.3, -0.25) is 4.79 Å². The highest BCUT2D eigenvalue weighted by Gasteiger charge is 2.36. The molecule has 3 aromatic rings. The van der Waals surface area contributed by atoms with Gasteiger partial charge in [0.1, 0.15) is 5.69 Å². The fraction of sp³-hybridized carbons (Fsp3) is 0.308. The maximum atomic E-state index is 13.5. The molecule has 0 spiro atoms. The first-order chi connectivity index (χ1) is 16.7. The molecule has 1 aliphatic heterocycles. The molecule has 1 N–H and O–H groups in total. The summed E-state index contributed by atoms with van der Waals surface area (Å²) in [6.07, 6.45) is 4.27. The lowest BCUT2D eigenvalue weighted by Crippen LogP contribution is -2.41. The number of benzene rings is 2. The highest BCUT2D eigenvalue weighted by Crippen LogP contribution is 2.30. The number of aromatic nitrogens is 1. The molecule has 184 valence electrons. The monoisotopic (exact) mass is 513 g/mol. The number of sulfonamides is 1. The molecule has 35 heavy (non-hydrogen) atoms. The Labute approximate surface area is 210 Å². The molecule has 1 aliphatic rings. The van der Waals surface area contributed by atoms with Crippen LogP contribution in [0.15, 0.2) is 51.9 Å². The van der Waals surface area contributed by atoms with Crippen molar-refractivity contribution in [3.05, 3.63) is 75.6 Å². The summed E-state index contributed by atoms with van der Waals surface area (Å²) < 4.78 is 33.7. The van der Waals surface area contributed by atoms with Gasteiger partial charge in [0.15, 0.2) is 10.7 Å². The first-order valence-electron chi connectivity index (χ1n) is 11.4. The predicted octanol–water partition coefficient (Wildman–Crippen LogP) is 5.46. The minimum atomic E-state index is -3.83. The number of amides is 1. The second-order valence-corrected chi connectivity index (χ2v) is 11.1. The lowest BCUT2D eigenvalue weighted by molar-refractivity contribution is -0.120. The van der Waals surface area contributed by atoms with Gasteiger partial charge in [0, 0.05) is 29.7 Å². The van der Waals surface area contributed by atoms with Crippen LogP contribution in [0.3, 0.4) is 0 Å². The zero-order valence-corrected chi connectivity index (χ0v) is 21.5. The average Bonchev–Trinajstić information content (AvgIpc) is 3.22. The smallest absolute Gasteiger partial charge is 0.248 e. The molecule has 0 atom stereocenters. The van der Waals surface area contributed by atoms with Crippen molar-refractivity contribution < 1.29 is 17.7 Å². The van der Waals surface area contributed by atoms with Crippen molar-refractivity contribution in [1.82, 2.24) is 9.46 Å². The second-order valence-electron chi connectivity index (χ2n) is 8.79. The Morgan fingerprint density at radius 2 is 1.77 bits per heavy atom. The molecule has 0 saturated carbocycles. The predicted molar refractivity (Wildman–Crippen MR) is 138 cm³/mol. The molecule has 9 heteroatoms. The molecule has 1 amide bonds. The molecule has 1 aromatic heterocycles. The Morgan fingerprint density at radius 3 is 2.46 bits per heavy atom. The van der Waals surface area contributed by atoms with Gasteiger partial charge in [0.25, 0.3) is 0 Å². The fourth-order valence-electron chi connectivity index (χ4n) is 4.11. The van der Waals surface area contributed by atoms with E-state index in [1.807, 2.05) is 38.1 Å². The van der Waals surface area contributed by atoms with Crippen LogP contribution in [0.1, 0.15) is 41.0 Å². The van der Waals surface area contributed by atoms with Crippen molar-refractivity contribution in [2.75, 3.05) is 18.4 Å². The summed E-state index contributed by atoms with van der Waals surface area (Å²) in [4.78, 5) is 12.9. The molecule has 7 nitrogen and oxygen atoms in total. The third-order valence-corrected chi connectivity index (χ3v) is 8.75. The molecule has 2 aromatic carbocycles. The first kappa shape index (κ1) is 25.2. The van der Waals surface area contributed by atoms with Gasteiger partial charge in [-0.1, -0.05) is 58.7 Å². The average molecular weight is 514 g/mol. The largest absolute Gasteiger partial charge is 0.355 e. The molecule has 1 saturated heterocycles. The van der Waals surface area contributed by atoms with E-state index in [0.29, 0.717) is 29.2 Å². The normalized spacial score (nSPS) is 15.5. The third-order valence-electron chi connectivity index (χ3n) is 6.29. The van der Waals surface area contributed by atoms with Crippen LogP contribution in [0, 0.1) is 26.7 Å². The van der Waals surface area contributed by atoms with Gasteiger partial charge in [-0.15, -0.1) is 0 Å². The summed E-state index contributed by atoms with van der Waals surface area (Å²) in [6, 6.07) is 13.2. The number of carbonyl (C=O) groups is 1. The third kappa shape index (κ3) is 5.50. The Morgan fingerprint density at radius 1 is 1.09 bits per heavy atom. The van der Waals surface area contributed by atoms with Crippen LogP contribution in [0.5, 0.6) is 0 Å². The van der Waals surface area contributed by atoms with E-state index in [2.05, 4.69) is 10.5 Å². The first-order valence-corrected chi connectivity index (χ1v) is 13.3. The van der Waals surface area contributed by atoms with E-state index in [1.54, 1.807) is 37.3 Å². The Kier molecular flexibility index (Phi) is 7.44. The van der Waals surface area contributed by atoms with Crippen molar-refractivity contribution in [3.8, 4) is 0 Å². The standard InChI is InChI=1S/C26H28ClN3O4S/c1-17-7-9-20(10-8-17)11-12-24-25(19(3)29-34-24)35(32,33)30-15-13-21(14-16-30)26(31)28-23-6-4-5-22(27)18(23)2/h4-12,21H,13-16H2,1-3H3,(H,28,31). The summed E-state index contributed by atoms with van der Waals surface area (Å²) in [5.74, 6) is -0.223. The lowest BCUT2D eigenvalue weighted by atomic mass is 9.97. The van der Waals surface area contributed by atoms with Gasteiger partial charge in [0.2, 0.25) is 15.9 Å². The summed E-state index contributed by atoms with van der Waals surface area (Å²) in [7, 11) is -3.83. The van der Waals surface area contributed by atoms with Crippen molar-refractivity contribution in [2.45, 2.75) is 38.5 Å². The second kappa shape index (κ2) is 10.4. The number of halogens is 1. The van der Waals surface area contributed by atoms with E-state index in [-0.39, 0.29) is 35.6 Å². The Hall–Kier alpha value is -2.94. The summed E-state index contributed by atoms with van der Waals surface area (Å²) in [6.45, 7) is 5.94. The topological polar surface area (TPSA) is 92.5 Å². The molecule has 0 bridgehead atoms. The van der Waals surface area contributed by atoms with Crippen molar-refractivity contribution in [1.29, 1.82) is 0 Å². The number of nitrogens with zero attached hydrogens (tertiary/aromatic N) is 2. The number of aryl methyl sites for hydroxylation is 2. The Balaban J connectivity index is 1.45. The summed E-state index contributed by atoms with van der Waals surface area (Å²) in [5.41, 5.74) is 3.85. The Bertz CT molecular complexity index is 1360. The van der Waals surface area contributed by atoms with Crippen LogP contribution in [-0.2, 0) is 14.8 Å². The van der Waals surface area contributed by atoms with E-state index in [0.717, 1.165) is 16.7 Å². The number of nitrogens with one attached hydrogen (secondary N) is 1. The van der Waals surface area contributed by atoms with Gasteiger partial charge < -0.3 is 9.84 Å². The molecule has 0 unspecified atom stereocenters. The van der Waals surface area contributed by atoms with Crippen molar-refractivity contribution >= 4 is 45.4 Å². The number of carbonyl (C=O) groups excluding carboxylic acids is 1. The van der Waals surface area contributed by atoms with Gasteiger partial charge >= 0.3 is 0 Å². The molecule has 2 heterocycles. The van der Waals surface area contributed by atoms with Gasteiger partial charge in [0.05, 0.1) is 0 Å². The quantitative estimate of drug-likeness (QED) is 0.472. The molecule has 0 aliphatic carbocycles. The zero-order valence-electron chi connectivity index (χ0n) is 19.9. The van der Waals surface area contributed by atoms with Crippen LogP contribution in [-0.4, -0.2) is 36.9 Å². The maximum absolute atomic E-state index is 13.5. The van der Waals surface area contributed by atoms with Crippen LogP contribution in [0.25, 0.3) is 12.2 Å². The number of anilines is 1. The van der Waals surface area contributed by atoms with Gasteiger partial charge in [-0.05, 0) is 62.9 Å². The van der Waals surface area contributed by atoms with E-state index in [4.69, 9.17) is 16.1 Å². The molecule has 1 fully saturated rings. The van der Waals surface area contributed by atoms with Gasteiger partial charge in [-0.2, -0.15) is 4.31 Å².